The van der Waals surface area contributed by atoms with E-state index in [1.165, 1.54) is 0 Å². The maximum Gasteiger partial charge on any atom is 0.0991 e. The molecule has 0 bridgehead atoms. The lowest BCUT2D eigenvalue weighted by Crippen LogP contribution is -2.02. The zero-order chi connectivity index (χ0) is 31.4. The minimum absolute atomic E-state index is 0.500. The van der Waals surface area contributed by atoms with Crippen molar-refractivity contribution in [2.45, 2.75) is 0 Å². The van der Waals surface area contributed by atoms with E-state index in [2.05, 4.69) is 57.5 Å². The highest BCUT2D eigenvalue weighted by atomic mass is 15.0. The fraction of sp³-hybridized carbons (Fsp3) is 0. The fourth-order valence-corrected chi connectivity index (χ4v) is 6.66. The van der Waals surface area contributed by atoms with Crippen molar-refractivity contribution < 1.29 is 0 Å². The first-order valence-electron chi connectivity index (χ1n) is 14.7. The normalized spacial score (nSPS) is 11.0. The highest BCUT2D eigenvalue weighted by Crippen LogP contribution is 2.41. The molecule has 0 aliphatic heterocycles. The van der Waals surface area contributed by atoms with Crippen LogP contribution in [0.4, 0.5) is 0 Å². The Balaban J connectivity index is 1.51. The Hall–Kier alpha value is -7.05. The molecule has 0 aliphatic rings. The summed E-state index contributed by atoms with van der Waals surface area (Å²) in [7, 11) is 0. The van der Waals surface area contributed by atoms with Crippen LogP contribution in [-0.2, 0) is 0 Å². The van der Waals surface area contributed by atoms with Crippen molar-refractivity contribution in [1.29, 1.82) is 15.8 Å². The van der Waals surface area contributed by atoms with E-state index in [1.54, 1.807) is 0 Å². The Morgan fingerprint density at radius 1 is 0.413 bits per heavy atom. The monoisotopic (exact) mass is 583 g/mol. The summed E-state index contributed by atoms with van der Waals surface area (Å²) in [5.41, 5.74) is 9.57. The molecule has 2 aromatic heterocycles. The number of para-hydroxylation sites is 2. The lowest BCUT2D eigenvalue weighted by molar-refractivity contribution is 1.16. The van der Waals surface area contributed by atoms with Crippen LogP contribution in [0.25, 0.3) is 66.1 Å². The summed E-state index contributed by atoms with van der Waals surface area (Å²) < 4.78 is 4.38. The van der Waals surface area contributed by atoms with E-state index < -0.39 is 0 Å². The van der Waals surface area contributed by atoms with Crippen molar-refractivity contribution in [2.75, 3.05) is 0 Å². The Kier molecular flexibility index (Phi) is 5.94. The number of benzene rings is 6. The van der Waals surface area contributed by atoms with Gasteiger partial charge < -0.3 is 9.13 Å². The Bertz CT molecular complexity index is 2560. The van der Waals surface area contributed by atoms with Crippen molar-refractivity contribution >= 4 is 43.6 Å². The standard InChI is InChI=1S/C41H21N5/c1-2-26-11-15-38-32(19-26)30-7-3-5-9-36(30)45(38)40-17-13-28(24-43)21-34(40)35-22-29(25-44)14-18-41(35)46-37-10-6-4-8-31(37)33-20-27(23-42)12-16-39(33)46/h1,3-22H. The quantitative estimate of drug-likeness (QED) is 0.195. The molecule has 0 atom stereocenters. The number of nitriles is 3. The van der Waals surface area contributed by atoms with Crippen LogP contribution in [0, 0.1) is 46.3 Å². The Morgan fingerprint density at radius 2 is 0.804 bits per heavy atom. The summed E-state index contributed by atoms with van der Waals surface area (Å²) in [5, 5.41) is 33.9. The third kappa shape index (κ3) is 3.88. The third-order valence-electron chi connectivity index (χ3n) is 8.66. The van der Waals surface area contributed by atoms with Crippen molar-refractivity contribution in [3.8, 4) is 53.1 Å². The molecule has 0 saturated carbocycles. The van der Waals surface area contributed by atoms with Crippen LogP contribution in [0.2, 0.25) is 0 Å². The molecule has 0 fully saturated rings. The van der Waals surface area contributed by atoms with E-state index in [9.17, 15) is 15.8 Å². The fourth-order valence-electron chi connectivity index (χ4n) is 6.66. The van der Waals surface area contributed by atoms with Crippen molar-refractivity contribution in [2.24, 2.45) is 0 Å². The molecule has 210 valence electrons. The molecule has 0 saturated heterocycles. The molecule has 2 heterocycles. The topological polar surface area (TPSA) is 81.2 Å². The van der Waals surface area contributed by atoms with Gasteiger partial charge in [-0.25, -0.2) is 0 Å². The van der Waals surface area contributed by atoms with E-state index in [1.807, 2.05) is 97.1 Å². The average Bonchev–Trinajstić information content (AvgIpc) is 3.63. The number of nitrogens with zero attached hydrogens (tertiary/aromatic N) is 5. The molecule has 0 amide bonds. The smallest absolute Gasteiger partial charge is 0.0991 e. The summed E-state index contributed by atoms with van der Waals surface area (Å²) in [6.07, 6.45) is 5.79. The predicted octanol–water partition coefficient (Wildman–Crippen LogP) is 9.14. The van der Waals surface area contributed by atoms with Crippen LogP contribution in [0.15, 0.2) is 121 Å². The van der Waals surface area contributed by atoms with Gasteiger partial charge in [0.25, 0.3) is 0 Å². The molecular formula is C41H21N5. The SMILES string of the molecule is C#Cc1ccc2c(c1)c1ccccc1n2-c1ccc(C#N)cc1-c1cc(C#N)ccc1-n1c2ccccc2c2cc(C#N)ccc21. The van der Waals surface area contributed by atoms with Crippen LogP contribution in [0.3, 0.4) is 0 Å². The predicted molar refractivity (Wildman–Crippen MR) is 183 cm³/mol. The summed E-state index contributed by atoms with van der Waals surface area (Å²) in [4.78, 5) is 0. The van der Waals surface area contributed by atoms with Gasteiger partial charge in [-0.2, -0.15) is 15.8 Å². The molecule has 46 heavy (non-hydrogen) atoms. The highest BCUT2D eigenvalue weighted by Gasteiger charge is 2.21. The molecular weight excluding hydrogens is 562 g/mol. The Morgan fingerprint density at radius 3 is 1.28 bits per heavy atom. The summed E-state index contributed by atoms with van der Waals surface area (Å²) in [5.74, 6) is 2.76. The van der Waals surface area contributed by atoms with Crippen molar-refractivity contribution in [3.05, 3.63) is 144 Å². The van der Waals surface area contributed by atoms with Crippen molar-refractivity contribution in [1.82, 2.24) is 9.13 Å². The van der Waals surface area contributed by atoms with Gasteiger partial charge >= 0.3 is 0 Å². The van der Waals surface area contributed by atoms with Crippen LogP contribution in [0.5, 0.6) is 0 Å². The van der Waals surface area contributed by atoms with Crippen molar-refractivity contribution in [3.63, 3.8) is 0 Å². The van der Waals surface area contributed by atoms with E-state index in [4.69, 9.17) is 6.42 Å². The lowest BCUT2D eigenvalue weighted by atomic mass is 9.97. The number of hydrogen-bond donors (Lipinski definition) is 0. The van der Waals surface area contributed by atoms with Crippen LogP contribution in [0.1, 0.15) is 22.3 Å². The summed E-state index contributed by atoms with van der Waals surface area (Å²) in [6, 6.07) is 46.3. The van der Waals surface area contributed by atoms with Gasteiger partial charge in [0.15, 0.2) is 0 Å². The van der Waals surface area contributed by atoms with Crippen LogP contribution < -0.4 is 0 Å². The molecule has 8 rings (SSSR count). The number of aromatic nitrogens is 2. The largest absolute Gasteiger partial charge is 0.309 e. The molecule has 0 radical (unpaired) electrons. The second-order valence-corrected chi connectivity index (χ2v) is 11.1. The lowest BCUT2D eigenvalue weighted by Gasteiger charge is -2.19. The van der Waals surface area contributed by atoms with Gasteiger partial charge in [-0.3, -0.25) is 0 Å². The molecule has 0 spiro atoms. The first kappa shape index (κ1) is 26.6. The summed E-state index contributed by atoms with van der Waals surface area (Å²) in [6.45, 7) is 0. The van der Waals surface area contributed by atoms with Gasteiger partial charge in [0.1, 0.15) is 0 Å². The maximum atomic E-state index is 10.1. The molecule has 0 N–H and O–H groups in total. The van der Waals surface area contributed by atoms with E-state index in [-0.39, 0.29) is 0 Å². The van der Waals surface area contributed by atoms with E-state index in [0.717, 1.165) is 71.7 Å². The zero-order valence-electron chi connectivity index (χ0n) is 24.4. The Labute approximate surface area is 264 Å². The number of fused-ring (bicyclic) bond motifs is 6. The van der Waals surface area contributed by atoms with Gasteiger partial charge in [-0.1, -0.05) is 42.3 Å². The average molecular weight is 584 g/mol. The minimum Gasteiger partial charge on any atom is -0.309 e. The zero-order valence-corrected chi connectivity index (χ0v) is 24.4. The van der Waals surface area contributed by atoms with Crippen LogP contribution in [-0.4, -0.2) is 9.13 Å². The molecule has 0 unspecified atom stereocenters. The second-order valence-electron chi connectivity index (χ2n) is 11.1. The molecule has 8 aromatic rings. The number of rotatable bonds is 3. The van der Waals surface area contributed by atoms with Gasteiger partial charge in [-0.05, 0) is 84.9 Å². The summed E-state index contributed by atoms with van der Waals surface area (Å²) >= 11 is 0. The van der Waals surface area contributed by atoms with Gasteiger partial charge in [0.2, 0.25) is 0 Å². The highest BCUT2D eigenvalue weighted by molar-refractivity contribution is 6.12. The number of terminal acetylenes is 1. The molecule has 5 nitrogen and oxygen atoms in total. The van der Waals surface area contributed by atoms with E-state index in [0.29, 0.717) is 16.7 Å². The number of hydrogen-bond acceptors (Lipinski definition) is 3. The van der Waals surface area contributed by atoms with E-state index >= 15 is 0 Å². The molecule has 0 aliphatic carbocycles. The molecule has 6 aromatic carbocycles. The first-order valence-corrected chi connectivity index (χ1v) is 14.7. The van der Waals surface area contributed by atoms with Gasteiger partial charge in [0, 0.05) is 38.2 Å². The first-order chi connectivity index (χ1) is 22.6. The molecule has 5 heteroatoms. The van der Waals surface area contributed by atoms with Crippen LogP contribution >= 0.6 is 0 Å². The van der Waals surface area contributed by atoms with Gasteiger partial charge in [-0.15, -0.1) is 6.42 Å². The van der Waals surface area contributed by atoms with Gasteiger partial charge in [0.05, 0.1) is 68.3 Å². The maximum absolute atomic E-state index is 10.1. The second kappa shape index (κ2) is 10.3. The minimum atomic E-state index is 0.500. The third-order valence-corrected chi connectivity index (χ3v) is 8.66.